The molecule has 0 unspecified atom stereocenters. The summed E-state index contributed by atoms with van der Waals surface area (Å²) >= 11 is 0. The van der Waals surface area contributed by atoms with Crippen molar-refractivity contribution in [3.8, 4) is 0 Å². The lowest BCUT2D eigenvalue weighted by molar-refractivity contribution is 0.282. The van der Waals surface area contributed by atoms with Crippen LogP contribution in [-0.4, -0.2) is 27.3 Å². The largest absolute Gasteiger partial charge is 0.396 e. The SMILES string of the molecule is OCCCCCCn1cnc(CNC2CC2)c1. The van der Waals surface area contributed by atoms with Crippen LogP contribution in [0.25, 0.3) is 0 Å². The number of unbranched alkanes of at least 4 members (excludes halogenated alkanes) is 3. The molecule has 0 radical (unpaired) electrons. The van der Waals surface area contributed by atoms with Crippen LogP contribution in [0.15, 0.2) is 12.5 Å². The third-order valence-corrected chi connectivity index (χ3v) is 3.16. The zero-order valence-corrected chi connectivity index (χ0v) is 10.4. The van der Waals surface area contributed by atoms with Crippen molar-refractivity contribution < 1.29 is 5.11 Å². The number of nitrogens with one attached hydrogen (secondary N) is 1. The highest BCUT2D eigenvalue weighted by atomic mass is 16.2. The molecule has 0 bridgehead atoms. The van der Waals surface area contributed by atoms with E-state index in [4.69, 9.17) is 5.11 Å². The van der Waals surface area contributed by atoms with Crippen molar-refractivity contribution in [2.24, 2.45) is 0 Å². The second-order valence-corrected chi connectivity index (χ2v) is 4.90. The molecule has 1 heterocycles. The van der Waals surface area contributed by atoms with E-state index in [-0.39, 0.29) is 0 Å². The minimum Gasteiger partial charge on any atom is -0.396 e. The van der Waals surface area contributed by atoms with Gasteiger partial charge in [0.25, 0.3) is 0 Å². The summed E-state index contributed by atoms with van der Waals surface area (Å²) in [5.41, 5.74) is 1.15. The average molecular weight is 237 g/mol. The summed E-state index contributed by atoms with van der Waals surface area (Å²) in [5, 5.41) is 12.1. The lowest BCUT2D eigenvalue weighted by Gasteiger charge is -2.01. The Balaban J connectivity index is 1.59. The summed E-state index contributed by atoms with van der Waals surface area (Å²) in [4.78, 5) is 4.39. The second kappa shape index (κ2) is 6.77. The second-order valence-electron chi connectivity index (χ2n) is 4.90. The predicted molar refractivity (Wildman–Crippen MR) is 67.6 cm³/mol. The smallest absolute Gasteiger partial charge is 0.0949 e. The van der Waals surface area contributed by atoms with E-state index in [1.165, 1.54) is 25.7 Å². The van der Waals surface area contributed by atoms with Gasteiger partial charge < -0.3 is 15.0 Å². The van der Waals surface area contributed by atoms with Crippen molar-refractivity contribution in [3.05, 3.63) is 18.2 Å². The molecule has 1 fully saturated rings. The monoisotopic (exact) mass is 237 g/mol. The Morgan fingerprint density at radius 2 is 2.12 bits per heavy atom. The van der Waals surface area contributed by atoms with E-state index in [2.05, 4.69) is 21.1 Å². The first-order valence-corrected chi connectivity index (χ1v) is 6.73. The molecule has 1 aromatic rings. The Labute approximate surface area is 103 Å². The molecule has 0 spiro atoms. The van der Waals surface area contributed by atoms with Crippen LogP contribution in [0.4, 0.5) is 0 Å². The van der Waals surface area contributed by atoms with Crippen LogP contribution in [0.5, 0.6) is 0 Å². The van der Waals surface area contributed by atoms with Crippen LogP contribution in [-0.2, 0) is 13.1 Å². The summed E-state index contributed by atoms with van der Waals surface area (Å²) in [6, 6.07) is 0.749. The molecule has 4 nitrogen and oxygen atoms in total. The van der Waals surface area contributed by atoms with Crippen molar-refractivity contribution in [2.75, 3.05) is 6.61 Å². The zero-order valence-electron chi connectivity index (χ0n) is 10.4. The third kappa shape index (κ3) is 4.88. The third-order valence-electron chi connectivity index (χ3n) is 3.16. The van der Waals surface area contributed by atoms with Gasteiger partial charge in [0.05, 0.1) is 12.0 Å². The standard InChI is InChI=1S/C13H23N3O/c17-8-4-2-1-3-7-16-10-13(15-11-16)9-14-12-5-6-12/h10-12,14,17H,1-9H2. The van der Waals surface area contributed by atoms with Gasteiger partial charge in [0.15, 0.2) is 0 Å². The minimum absolute atomic E-state index is 0.321. The van der Waals surface area contributed by atoms with E-state index in [9.17, 15) is 0 Å². The molecule has 0 aromatic carbocycles. The van der Waals surface area contributed by atoms with E-state index >= 15 is 0 Å². The van der Waals surface area contributed by atoms with E-state index < -0.39 is 0 Å². The van der Waals surface area contributed by atoms with Gasteiger partial charge in [0, 0.05) is 31.9 Å². The maximum absolute atomic E-state index is 8.67. The highest BCUT2D eigenvalue weighted by Gasteiger charge is 2.20. The molecule has 0 saturated heterocycles. The van der Waals surface area contributed by atoms with Gasteiger partial charge in [-0.25, -0.2) is 4.98 Å². The summed E-state index contributed by atoms with van der Waals surface area (Å²) in [6.45, 7) is 2.27. The molecule has 0 atom stereocenters. The fourth-order valence-corrected chi connectivity index (χ4v) is 1.92. The number of aryl methyl sites for hydroxylation is 1. The first-order valence-electron chi connectivity index (χ1n) is 6.73. The number of nitrogens with zero attached hydrogens (tertiary/aromatic N) is 2. The van der Waals surface area contributed by atoms with E-state index in [0.29, 0.717) is 6.61 Å². The van der Waals surface area contributed by atoms with Gasteiger partial charge in [-0.1, -0.05) is 12.8 Å². The number of aliphatic hydroxyl groups excluding tert-OH is 1. The molecule has 1 aliphatic rings. The van der Waals surface area contributed by atoms with Crippen molar-refractivity contribution >= 4 is 0 Å². The summed E-state index contributed by atoms with van der Waals surface area (Å²) in [6.07, 6.45) is 11.1. The highest BCUT2D eigenvalue weighted by Crippen LogP contribution is 2.18. The number of aromatic nitrogens is 2. The topological polar surface area (TPSA) is 50.1 Å². The fourth-order valence-electron chi connectivity index (χ4n) is 1.92. The molecule has 0 aliphatic heterocycles. The molecule has 0 amide bonds. The molecular formula is C13H23N3O. The maximum Gasteiger partial charge on any atom is 0.0949 e. The molecule has 4 heteroatoms. The van der Waals surface area contributed by atoms with Gasteiger partial charge in [-0.3, -0.25) is 0 Å². The van der Waals surface area contributed by atoms with Gasteiger partial charge in [0.2, 0.25) is 0 Å². The van der Waals surface area contributed by atoms with Crippen LogP contribution >= 0.6 is 0 Å². The van der Waals surface area contributed by atoms with E-state index in [1.807, 2.05) is 6.33 Å². The Morgan fingerprint density at radius 1 is 1.29 bits per heavy atom. The minimum atomic E-state index is 0.321. The maximum atomic E-state index is 8.67. The normalized spacial score (nSPS) is 15.4. The van der Waals surface area contributed by atoms with Crippen molar-refractivity contribution in [2.45, 2.75) is 57.7 Å². The fraction of sp³-hybridized carbons (Fsp3) is 0.769. The summed E-state index contributed by atoms with van der Waals surface area (Å²) in [7, 11) is 0. The molecule has 1 saturated carbocycles. The van der Waals surface area contributed by atoms with Gasteiger partial charge in [0.1, 0.15) is 0 Å². The molecule has 1 aromatic heterocycles. The number of rotatable bonds is 9. The number of hydrogen-bond acceptors (Lipinski definition) is 3. The Hall–Kier alpha value is -0.870. The lowest BCUT2D eigenvalue weighted by atomic mass is 10.2. The van der Waals surface area contributed by atoms with Crippen LogP contribution in [0.3, 0.4) is 0 Å². The van der Waals surface area contributed by atoms with Gasteiger partial charge in [-0.05, 0) is 25.7 Å². The Bertz CT molecular complexity index is 320. The van der Waals surface area contributed by atoms with E-state index in [1.54, 1.807) is 0 Å². The van der Waals surface area contributed by atoms with Gasteiger partial charge in [-0.15, -0.1) is 0 Å². The molecular weight excluding hydrogens is 214 g/mol. The van der Waals surface area contributed by atoms with E-state index in [0.717, 1.165) is 37.7 Å². The van der Waals surface area contributed by atoms with Crippen LogP contribution < -0.4 is 5.32 Å². The Kier molecular flexibility index (Phi) is 5.01. The highest BCUT2D eigenvalue weighted by molar-refractivity contribution is 4.97. The molecule has 2 N–H and O–H groups in total. The van der Waals surface area contributed by atoms with Crippen LogP contribution in [0.1, 0.15) is 44.2 Å². The van der Waals surface area contributed by atoms with Crippen LogP contribution in [0, 0.1) is 0 Å². The summed E-state index contributed by atoms with van der Waals surface area (Å²) in [5.74, 6) is 0. The average Bonchev–Trinajstić information content (AvgIpc) is 3.06. The molecule has 17 heavy (non-hydrogen) atoms. The lowest BCUT2D eigenvalue weighted by Crippen LogP contribution is -2.15. The quantitative estimate of drug-likeness (QED) is 0.643. The Morgan fingerprint density at radius 3 is 2.88 bits per heavy atom. The van der Waals surface area contributed by atoms with Crippen molar-refractivity contribution in [1.82, 2.24) is 14.9 Å². The van der Waals surface area contributed by atoms with Crippen molar-refractivity contribution in [1.29, 1.82) is 0 Å². The number of aliphatic hydroxyl groups is 1. The molecule has 1 aliphatic carbocycles. The van der Waals surface area contributed by atoms with Gasteiger partial charge >= 0.3 is 0 Å². The zero-order chi connectivity index (χ0) is 11.9. The van der Waals surface area contributed by atoms with Gasteiger partial charge in [-0.2, -0.15) is 0 Å². The van der Waals surface area contributed by atoms with Crippen molar-refractivity contribution in [3.63, 3.8) is 0 Å². The number of imidazole rings is 1. The van der Waals surface area contributed by atoms with Crippen LogP contribution in [0.2, 0.25) is 0 Å². The molecule has 96 valence electrons. The first kappa shape index (κ1) is 12.6. The first-order chi connectivity index (χ1) is 8.38. The molecule has 2 rings (SSSR count). The predicted octanol–water partition coefficient (Wildman–Crippen LogP) is 1.69. The number of hydrogen-bond donors (Lipinski definition) is 2. The summed E-state index contributed by atoms with van der Waals surface area (Å²) < 4.78 is 2.17.